The molecule has 0 unspecified atom stereocenters. The summed E-state index contributed by atoms with van der Waals surface area (Å²) in [4.78, 5) is 22.4. The van der Waals surface area contributed by atoms with Crippen molar-refractivity contribution in [1.29, 1.82) is 0 Å². The summed E-state index contributed by atoms with van der Waals surface area (Å²) < 4.78 is 10.2. The maximum Gasteiger partial charge on any atom is 0.263 e. The molecule has 0 amide bonds. The van der Waals surface area contributed by atoms with Gasteiger partial charge in [-0.25, -0.2) is 4.98 Å². The van der Waals surface area contributed by atoms with Crippen molar-refractivity contribution in [2.75, 3.05) is 7.11 Å². The molecule has 0 saturated heterocycles. The second-order valence-corrected chi connectivity index (χ2v) is 3.92. The lowest BCUT2D eigenvalue weighted by Crippen LogP contribution is -2.06. The largest absolute Gasteiger partial charge is 0.481 e. The normalized spacial score (nSPS) is 10.4. The molecule has 0 aliphatic carbocycles. The Morgan fingerprint density at radius 1 is 1.35 bits per heavy atom. The number of nitrogens with zero attached hydrogens (tertiary/aromatic N) is 3. The van der Waals surface area contributed by atoms with Crippen molar-refractivity contribution >= 4 is 0 Å². The average molecular weight is 270 g/mol. The van der Waals surface area contributed by atoms with E-state index in [-0.39, 0.29) is 11.4 Å². The van der Waals surface area contributed by atoms with Crippen molar-refractivity contribution in [1.82, 2.24) is 20.1 Å². The fourth-order valence-electron chi connectivity index (χ4n) is 1.70. The molecule has 20 heavy (non-hydrogen) atoms. The highest BCUT2D eigenvalue weighted by Crippen LogP contribution is 2.21. The summed E-state index contributed by atoms with van der Waals surface area (Å²) >= 11 is 0. The van der Waals surface area contributed by atoms with Crippen molar-refractivity contribution in [2.45, 2.75) is 0 Å². The van der Waals surface area contributed by atoms with Crippen LogP contribution in [0, 0.1) is 0 Å². The third-order valence-electron chi connectivity index (χ3n) is 2.68. The first-order valence-electron chi connectivity index (χ1n) is 5.80. The lowest BCUT2D eigenvalue weighted by atomic mass is 10.2. The summed E-state index contributed by atoms with van der Waals surface area (Å²) in [6, 6.07) is 6.72. The molecular weight excluding hydrogens is 260 g/mol. The number of rotatable bonds is 3. The Morgan fingerprint density at radius 2 is 2.25 bits per heavy atom. The molecule has 3 aromatic rings. The molecule has 0 aromatic carbocycles. The molecule has 0 saturated carbocycles. The van der Waals surface area contributed by atoms with Crippen molar-refractivity contribution in [2.24, 2.45) is 0 Å². The zero-order valence-electron chi connectivity index (χ0n) is 10.5. The highest BCUT2D eigenvalue weighted by atomic mass is 16.5. The lowest BCUT2D eigenvalue weighted by molar-refractivity contribution is 0.398. The first-order valence-corrected chi connectivity index (χ1v) is 5.80. The van der Waals surface area contributed by atoms with E-state index < -0.39 is 0 Å². The van der Waals surface area contributed by atoms with Crippen molar-refractivity contribution in [3.05, 3.63) is 47.0 Å². The van der Waals surface area contributed by atoms with Crippen molar-refractivity contribution < 1.29 is 9.26 Å². The van der Waals surface area contributed by atoms with E-state index in [0.717, 1.165) is 0 Å². The highest BCUT2D eigenvalue weighted by molar-refractivity contribution is 5.59. The molecule has 3 rings (SSSR count). The Labute approximate surface area is 113 Å². The van der Waals surface area contributed by atoms with Crippen LogP contribution in [-0.4, -0.2) is 27.2 Å². The summed E-state index contributed by atoms with van der Waals surface area (Å²) in [6.45, 7) is 0. The maximum absolute atomic E-state index is 11.7. The topological polar surface area (TPSA) is 93.9 Å². The predicted octanol–water partition coefficient (Wildman–Crippen LogP) is 1.50. The predicted molar refractivity (Wildman–Crippen MR) is 70.1 cm³/mol. The van der Waals surface area contributed by atoms with Gasteiger partial charge in [-0.1, -0.05) is 5.16 Å². The van der Waals surface area contributed by atoms with Gasteiger partial charge in [-0.2, -0.15) is 4.98 Å². The minimum Gasteiger partial charge on any atom is -0.481 e. The average Bonchev–Trinajstić information content (AvgIpc) is 2.97. The summed E-state index contributed by atoms with van der Waals surface area (Å²) in [5.41, 5.74) is 0.737. The van der Waals surface area contributed by atoms with E-state index in [1.807, 2.05) is 0 Å². The number of pyridine rings is 2. The van der Waals surface area contributed by atoms with Crippen LogP contribution in [0.25, 0.3) is 22.8 Å². The van der Waals surface area contributed by atoms with Gasteiger partial charge in [0.05, 0.1) is 7.11 Å². The second-order valence-electron chi connectivity index (χ2n) is 3.92. The van der Waals surface area contributed by atoms with Gasteiger partial charge in [0.15, 0.2) is 0 Å². The molecule has 0 bridgehead atoms. The van der Waals surface area contributed by atoms with Crippen LogP contribution in [0.15, 0.2) is 46.0 Å². The molecule has 100 valence electrons. The number of hydrogen-bond donors (Lipinski definition) is 1. The van der Waals surface area contributed by atoms with Crippen LogP contribution in [0.1, 0.15) is 0 Å². The van der Waals surface area contributed by atoms with Gasteiger partial charge in [-0.15, -0.1) is 0 Å². The Balaban J connectivity index is 2.02. The molecule has 0 aliphatic heterocycles. The van der Waals surface area contributed by atoms with E-state index >= 15 is 0 Å². The molecule has 1 N–H and O–H groups in total. The molecule has 0 aliphatic rings. The van der Waals surface area contributed by atoms with E-state index in [9.17, 15) is 4.79 Å². The number of H-pyrrole nitrogens is 1. The number of methoxy groups -OCH3 is 1. The molecule has 7 heteroatoms. The van der Waals surface area contributed by atoms with Gasteiger partial charge >= 0.3 is 0 Å². The van der Waals surface area contributed by atoms with Crippen LogP contribution in [0.3, 0.4) is 0 Å². The van der Waals surface area contributed by atoms with Crippen LogP contribution >= 0.6 is 0 Å². The molecule has 0 atom stereocenters. The summed E-state index contributed by atoms with van der Waals surface area (Å²) in [7, 11) is 1.53. The molecule has 3 heterocycles. The van der Waals surface area contributed by atoms with Crippen LogP contribution < -0.4 is 10.3 Å². The molecule has 7 nitrogen and oxygen atoms in total. The first kappa shape index (κ1) is 12.1. The third kappa shape index (κ3) is 2.16. The van der Waals surface area contributed by atoms with Crippen molar-refractivity contribution in [3.63, 3.8) is 0 Å². The SMILES string of the molecule is COc1cc(-c2noc(-c3ccc[nH]c3=O)n2)ccn1. The van der Waals surface area contributed by atoms with Crippen molar-refractivity contribution in [3.8, 4) is 28.7 Å². The number of aromatic nitrogens is 4. The van der Waals surface area contributed by atoms with Gasteiger partial charge in [0.1, 0.15) is 5.56 Å². The summed E-state index contributed by atoms with van der Waals surface area (Å²) in [6.07, 6.45) is 3.12. The molecule has 3 aromatic heterocycles. The minimum absolute atomic E-state index is 0.164. The number of hydrogen-bond acceptors (Lipinski definition) is 6. The highest BCUT2D eigenvalue weighted by Gasteiger charge is 2.13. The van der Waals surface area contributed by atoms with Gasteiger partial charge in [0.2, 0.25) is 11.7 Å². The quantitative estimate of drug-likeness (QED) is 0.775. The fourth-order valence-corrected chi connectivity index (χ4v) is 1.70. The molecular formula is C13H10N4O3. The van der Waals surface area contributed by atoms with E-state index in [1.54, 1.807) is 30.5 Å². The standard InChI is InChI=1S/C13H10N4O3/c1-19-10-7-8(4-6-14-10)11-16-13(20-17-11)9-3-2-5-15-12(9)18/h2-7H,1H3,(H,15,18). The number of ether oxygens (including phenoxy) is 1. The fraction of sp³-hybridized carbons (Fsp3) is 0.0769. The number of aromatic amines is 1. The van der Waals surface area contributed by atoms with Gasteiger partial charge < -0.3 is 14.2 Å². The Hall–Kier alpha value is -2.96. The minimum atomic E-state index is -0.282. The van der Waals surface area contributed by atoms with Crippen LogP contribution in [-0.2, 0) is 0 Å². The number of nitrogens with one attached hydrogen (secondary N) is 1. The zero-order valence-corrected chi connectivity index (χ0v) is 10.5. The Morgan fingerprint density at radius 3 is 3.05 bits per heavy atom. The van der Waals surface area contributed by atoms with E-state index in [1.165, 1.54) is 13.3 Å². The van der Waals surface area contributed by atoms with E-state index in [2.05, 4.69) is 20.1 Å². The molecule has 0 radical (unpaired) electrons. The molecule has 0 spiro atoms. The zero-order chi connectivity index (χ0) is 13.9. The summed E-state index contributed by atoms with van der Waals surface area (Å²) in [5, 5.41) is 3.86. The van der Waals surface area contributed by atoms with Gasteiger partial charge in [0, 0.05) is 24.0 Å². The Kier molecular flexibility index (Phi) is 3.00. The van der Waals surface area contributed by atoms with Gasteiger partial charge in [0.25, 0.3) is 11.4 Å². The first-order chi connectivity index (χ1) is 9.78. The van der Waals surface area contributed by atoms with Crippen LogP contribution in [0.5, 0.6) is 5.88 Å². The lowest BCUT2D eigenvalue weighted by Gasteiger charge is -1.98. The van der Waals surface area contributed by atoms with E-state index in [0.29, 0.717) is 22.8 Å². The summed E-state index contributed by atoms with van der Waals surface area (Å²) in [5.74, 6) is 0.980. The Bertz CT molecular complexity index is 794. The van der Waals surface area contributed by atoms with E-state index in [4.69, 9.17) is 9.26 Å². The van der Waals surface area contributed by atoms with Gasteiger partial charge in [-0.3, -0.25) is 4.79 Å². The monoisotopic (exact) mass is 270 g/mol. The molecule has 0 fully saturated rings. The van der Waals surface area contributed by atoms with Crippen LogP contribution in [0.4, 0.5) is 0 Å². The smallest absolute Gasteiger partial charge is 0.263 e. The maximum atomic E-state index is 11.7. The van der Waals surface area contributed by atoms with Gasteiger partial charge in [-0.05, 0) is 18.2 Å². The second kappa shape index (κ2) is 4.96. The van der Waals surface area contributed by atoms with Crippen LogP contribution in [0.2, 0.25) is 0 Å². The third-order valence-corrected chi connectivity index (χ3v) is 2.68.